The Kier molecular flexibility index (Phi) is 3.92. The highest BCUT2D eigenvalue weighted by Gasteiger charge is 2.26. The Morgan fingerprint density at radius 1 is 1.44 bits per heavy atom. The van der Waals surface area contributed by atoms with E-state index < -0.39 is 0 Å². The minimum absolute atomic E-state index is 0.215. The molecule has 0 N–H and O–H groups in total. The van der Waals surface area contributed by atoms with Crippen molar-refractivity contribution >= 4 is 34.5 Å². The van der Waals surface area contributed by atoms with Gasteiger partial charge < -0.3 is 4.90 Å². The van der Waals surface area contributed by atoms with E-state index in [0.717, 1.165) is 24.0 Å². The molecule has 1 unspecified atom stereocenters. The van der Waals surface area contributed by atoms with Crippen LogP contribution in [0, 0.1) is 0 Å². The molecule has 1 atom stereocenters. The van der Waals surface area contributed by atoms with Crippen molar-refractivity contribution in [2.24, 2.45) is 0 Å². The van der Waals surface area contributed by atoms with E-state index in [1.54, 1.807) is 0 Å². The van der Waals surface area contributed by atoms with E-state index in [0.29, 0.717) is 6.42 Å². The summed E-state index contributed by atoms with van der Waals surface area (Å²) >= 11 is 7.85. The van der Waals surface area contributed by atoms with E-state index in [1.165, 1.54) is 5.56 Å². The molecule has 1 aliphatic rings. The van der Waals surface area contributed by atoms with Crippen LogP contribution in [0.25, 0.3) is 0 Å². The van der Waals surface area contributed by atoms with Crippen LogP contribution in [0.2, 0.25) is 0 Å². The van der Waals surface area contributed by atoms with Crippen molar-refractivity contribution in [3.05, 3.63) is 34.3 Å². The molecule has 4 heteroatoms. The first kappa shape index (κ1) is 12.0. The molecule has 0 aromatic heterocycles. The van der Waals surface area contributed by atoms with Gasteiger partial charge in [0.05, 0.1) is 0 Å². The Labute approximate surface area is 110 Å². The normalized spacial score (nSPS) is 20.5. The number of rotatable bonds is 3. The second-order valence-corrected chi connectivity index (χ2v) is 5.62. The molecular formula is C12H14BrNOS. The average molecular weight is 300 g/mol. The molecule has 1 fully saturated rings. The molecule has 1 heterocycles. The number of carbonyl (C=O) groups excluding carboxylic acids is 1. The molecular weight excluding hydrogens is 286 g/mol. The van der Waals surface area contributed by atoms with Crippen molar-refractivity contribution < 1.29 is 4.79 Å². The number of hydrogen-bond donors (Lipinski definition) is 1. The van der Waals surface area contributed by atoms with Crippen molar-refractivity contribution in [3.63, 3.8) is 0 Å². The van der Waals surface area contributed by atoms with Gasteiger partial charge in [0.15, 0.2) is 0 Å². The van der Waals surface area contributed by atoms with Crippen LogP contribution in [-0.4, -0.2) is 29.1 Å². The average Bonchev–Trinajstić information content (AvgIpc) is 2.56. The van der Waals surface area contributed by atoms with Gasteiger partial charge in [-0.25, -0.2) is 0 Å². The highest BCUT2D eigenvalue weighted by molar-refractivity contribution is 9.10. The summed E-state index contributed by atoms with van der Waals surface area (Å²) in [7, 11) is 0. The minimum Gasteiger partial charge on any atom is -0.341 e. The van der Waals surface area contributed by atoms with Crippen LogP contribution in [-0.2, 0) is 11.2 Å². The van der Waals surface area contributed by atoms with Crippen molar-refractivity contribution in [2.75, 3.05) is 13.1 Å². The Balaban J connectivity index is 1.93. The smallest absolute Gasteiger partial charge is 0.223 e. The topological polar surface area (TPSA) is 20.3 Å². The number of halogens is 1. The van der Waals surface area contributed by atoms with E-state index in [-0.39, 0.29) is 11.2 Å². The molecule has 0 aliphatic carbocycles. The van der Waals surface area contributed by atoms with Gasteiger partial charge in [-0.15, -0.1) is 0 Å². The number of thiol groups is 1. The summed E-state index contributed by atoms with van der Waals surface area (Å²) in [6.45, 7) is 1.57. The fourth-order valence-corrected chi connectivity index (χ4v) is 2.76. The number of benzene rings is 1. The maximum atomic E-state index is 11.6. The molecule has 2 nitrogen and oxygen atoms in total. The van der Waals surface area contributed by atoms with Crippen molar-refractivity contribution in [1.29, 1.82) is 0 Å². The molecule has 1 aromatic carbocycles. The first-order valence-corrected chi connectivity index (χ1v) is 6.67. The minimum atomic E-state index is 0.215. The second-order valence-electron chi connectivity index (χ2n) is 4.04. The third-order valence-corrected chi connectivity index (χ3v) is 3.92. The summed E-state index contributed by atoms with van der Waals surface area (Å²) < 4.78 is 1.11. The van der Waals surface area contributed by atoms with Crippen molar-refractivity contribution in [1.82, 2.24) is 4.90 Å². The number of nitrogens with zero attached hydrogens (tertiary/aromatic N) is 1. The standard InChI is InChI=1S/C12H14BrNOS/c13-11-4-2-1-3-9(11)5-6-14-8-10(16)7-12(14)15/h1-4,10,16H,5-8H2. The van der Waals surface area contributed by atoms with Crippen LogP contribution in [0.15, 0.2) is 28.7 Å². The zero-order valence-electron chi connectivity index (χ0n) is 8.90. The number of likely N-dealkylation sites (tertiary alicyclic amines) is 1. The summed E-state index contributed by atoms with van der Waals surface area (Å²) in [6, 6.07) is 8.14. The molecule has 0 bridgehead atoms. The zero-order chi connectivity index (χ0) is 11.5. The second kappa shape index (κ2) is 5.23. The summed E-state index contributed by atoms with van der Waals surface area (Å²) in [5, 5.41) is 0.215. The van der Waals surface area contributed by atoms with Crippen LogP contribution in [0.3, 0.4) is 0 Å². The van der Waals surface area contributed by atoms with Gasteiger partial charge in [-0.1, -0.05) is 34.1 Å². The SMILES string of the molecule is O=C1CC(S)CN1CCc1ccccc1Br. The van der Waals surface area contributed by atoms with E-state index in [4.69, 9.17) is 0 Å². The Morgan fingerprint density at radius 2 is 2.19 bits per heavy atom. The Bertz CT molecular complexity index is 396. The monoisotopic (exact) mass is 299 g/mol. The van der Waals surface area contributed by atoms with E-state index in [9.17, 15) is 4.79 Å². The molecule has 0 spiro atoms. The van der Waals surface area contributed by atoms with Gasteiger partial charge in [0.2, 0.25) is 5.91 Å². The van der Waals surface area contributed by atoms with Crippen LogP contribution >= 0.6 is 28.6 Å². The Hall–Kier alpha value is -0.480. The van der Waals surface area contributed by atoms with Gasteiger partial charge in [-0.05, 0) is 18.1 Å². The third-order valence-electron chi connectivity index (χ3n) is 2.80. The van der Waals surface area contributed by atoms with Crippen LogP contribution in [0.4, 0.5) is 0 Å². The molecule has 86 valence electrons. The number of amides is 1. The largest absolute Gasteiger partial charge is 0.341 e. The summed E-state index contributed by atoms with van der Waals surface area (Å²) in [5.41, 5.74) is 1.25. The molecule has 16 heavy (non-hydrogen) atoms. The van der Waals surface area contributed by atoms with E-state index in [2.05, 4.69) is 34.6 Å². The highest BCUT2D eigenvalue weighted by atomic mass is 79.9. The zero-order valence-corrected chi connectivity index (χ0v) is 11.4. The first-order chi connectivity index (χ1) is 7.66. The lowest BCUT2D eigenvalue weighted by Crippen LogP contribution is -2.27. The van der Waals surface area contributed by atoms with Crippen LogP contribution < -0.4 is 0 Å². The fraction of sp³-hybridized carbons (Fsp3) is 0.417. The molecule has 1 aliphatic heterocycles. The van der Waals surface area contributed by atoms with E-state index >= 15 is 0 Å². The molecule has 1 amide bonds. The first-order valence-electron chi connectivity index (χ1n) is 5.36. The molecule has 0 saturated carbocycles. The van der Waals surface area contributed by atoms with Crippen molar-refractivity contribution in [3.8, 4) is 0 Å². The quantitative estimate of drug-likeness (QED) is 0.851. The summed E-state index contributed by atoms with van der Waals surface area (Å²) in [4.78, 5) is 13.5. The molecule has 2 rings (SSSR count). The van der Waals surface area contributed by atoms with Crippen LogP contribution in [0.1, 0.15) is 12.0 Å². The Morgan fingerprint density at radius 3 is 2.81 bits per heavy atom. The highest BCUT2D eigenvalue weighted by Crippen LogP contribution is 2.19. The number of carbonyl (C=O) groups is 1. The maximum Gasteiger partial charge on any atom is 0.223 e. The van der Waals surface area contributed by atoms with Gasteiger partial charge in [-0.3, -0.25) is 4.79 Å². The predicted octanol–water partition coefficient (Wildman–Crippen LogP) is 2.52. The van der Waals surface area contributed by atoms with Gasteiger partial charge in [0.25, 0.3) is 0 Å². The molecule has 0 radical (unpaired) electrons. The lowest BCUT2D eigenvalue weighted by atomic mass is 10.1. The van der Waals surface area contributed by atoms with Crippen LogP contribution in [0.5, 0.6) is 0 Å². The molecule has 1 saturated heterocycles. The summed E-state index contributed by atoms with van der Waals surface area (Å²) in [5.74, 6) is 0.229. The maximum absolute atomic E-state index is 11.6. The van der Waals surface area contributed by atoms with E-state index in [1.807, 2.05) is 23.1 Å². The number of hydrogen-bond acceptors (Lipinski definition) is 2. The lowest BCUT2D eigenvalue weighted by Gasteiger charge is -2.16. The van der Waals surface area contributed by atoms with Gasteiger partial charge in [-0.2, -0.15) is 12.6 Å². The summed E-state index contributed by atoms with van der Waals surface area (Å²) in [6.07, 6.45) is 1.48. The van der Waals surface area contributed by atoms with Gasteiger partial charge in [0, 0.05) is 29.2 Å². The third kappa shape index (κ3) is 2.80. The predicted molar refractivity (Wildman–Crippen MR) is 71.8 cm³/mol. The van der Waals surface area contributed by atoms with Crippen molar-refractivity contribution in [2.45, 2.75) is 18.1 Å². The van der Waals surface area contributed by atoms with Gasteiger partial charge in [0.1, 0.15) is 0 Å². The molecule has 1 aromatic rings. The lowest BCUT2D eigenvalue weighted by molar-refractivity contribution is -0.127. The van der Waals surface area contributed by atoms with Gasteiger partial charge >= 0.3 is 0 Å². The fourth-order valence-electron chi connectivity index (χ4n) is 1.92.